The Morgan fingerprint density at radius 3 is 2.38 bits per heavy atom. The minimum atomic E-state index is -0.268. The van der Waals surface area contributed by atoms with Gasteiger partial charge in [0.1, 0.15) is 11.6 Å². The Morgan fingerprint density at radius 2 is 1.71 bits per heavy atom. The van der Waals surface area contributed by atoms with Crippen LogP contribution in [0.1, 0.15) is 11.1 Å². The molecular weight excluding hydrogens is 451 g/mol. The first-order chi connectivity index (χ1) is 16.5. The van der Waals surface area contributed by atoms with Crippen LogP contribution in [-0.2, 0) is 11.2 Å². The summed E-state index contributed by atoms with van der Waals surface area (Å²) in [5, 5.41) is 12.3. The van der Waals surface area contributed by atoms with Crippen molar-refractivity contribution in [3.63, 3.8) is 0 Å². The lowest BCUT2D eigenvalue weighted by molar-refractivity contribution is -0.118. The van der Waals surface area contributed by atoms with Gasteiger partial charge in [-0.2, -0.15) is 0 Å². The van der Waals surface area contributed by atoms with E-state index >= 15 is 0 Å². The van der Waals surface area contributed by atoms with Gasteiger partial charge in [0.25, 0.3) is 0 Å². The predicted octanol–water partition coefficient (Wildman–Crippen LogP) is 4.84. The Labute approximate surface area is 202 Å². The van der Waals surface area contributed by atoms with E-state index in [0.717, 1.165) is 28.1 Å². The quantitative estimate of drug-likeness (QED) is 0.350. The van der Waals surface area contributed by atoms with Gasteiger partial charge in [0.15, 0.2) is 11.0 Å². The van der Waals surface area contributed by atoms with E-state index in [1.54, 1.807) is 19.2 Å². The number of nitrogens with zero attached hydrogens (tertiary/aromatic N) is 3. The summed E-state index contributed by atoms with van der Waals surface area (Å²) in [5.41, 5.74) is 3.93. The Kier molecular flexibility index (Phi) is 7.59. The molecule has 0 saturated carbocycles. The molecule has 0 aliphatic heterocycles. The van der Waals surface area contributed by atoms with Crippen LogP contribution in [0.15, 0.2) is 78.0 Å². The van der Waals surface area contributed by atoms with Crippen molar-refractivity contribution in [2.24, 2.45) is 0 Å². The third-order valence-electron chi connectivity index (χ3n) is 5.26. The number of aromatic nitrogens is 3. The number of rotatable bonds is 9. The maximum atomic E-state index is 13.0. The number of aryl methyl sites for hydroxylation is 1. The lowest BCUT2D eigenvalue weighted by Gasteiger charge is -2.11. The number of methoxy groups -OCH3 is 1. The SMILES string of the molecule is COc1ccc(-c2nnc(SCC(=O)NCCc3ccc(F)cc3)n2-c2ccc(C)cc2)cc1. The van der Waals surface area contributed by atoms with Gasteiger partial charge in [0.2, 0.25) is 5.91 Å². The summed E-state index contributed by atoms with van der Waals surface area (Å²) in [7, 11) is 1.63. The van der Waals surface area contributed by atoms with Crippen LogP contribution in [0.5, 0.6) is 5.75 Å². The zero-order valence-electron chi connectivity index (χ0n) is 19.0. The number of amides is 1. The van der Waals surface area contributed by atoms with E-state index in [9.17, 15) is 9.18 Å². The molecule has 174 valence electrons. The Morgan fingerprint density at radius 1 is 1.00 bits per heavy atom. The first kappa shape index (κ1) is 23.5. The van der Waals surface area contributed by atoms with E-state index < -0.39 is 0 Å². The molecule has 1 N–H and O–H groups in total. The van der Waals surface area contributed by atoms with Gasteiger partial charge in [-0.25, -0.2) is 4.39 Å². The number of halogens is 1. The summed E-state index contributed by atoms with van der Waals surface area (Å²) in [6.07, 6.45) is 0.637. The molecular formula is C26H25FN4O2S. The number of carbonyl (C=O) groups excluding carboxylic acids is 1. The van der Waals surface area contributed by atoms with E-state index in [1.807, 2.05) is 60.0 Å². The second-order valence-corrected chi connectivity index (χ2v) is 8.66. The summed E-state index contributed by atoms with van der Waals surface area (Å²) in [6.45, 7) is 2.51. The molecule has 0 saturated heterocycles. The van der Waals surface area contributed by atoms with Gasteiger partial charge in [0, 0.05) is 17.8 Å². The maximum Gasteiger partial charge on any atom is 0.230 e. The summed E-state index contributed by atoms with van der Waals surface area (Å²) >= 11 is 1.33. The van der Waals surface area contributed by atoms with Gasteiger partial charge in [0.05, 0.1) is 12.9 Å². The molecule has 1 heterocycles. The van der Waals surface area contributed by atoms with Crippen LogP contribution in [0.2, 0.25) is 0 Å². The molecule has 0 unspecified atom stereocenters. The molecule has 0 radical (unpaired) electrons. The Balaban J connectivity index is 1.47. The third kappa shape index (κ3) is 5.82. The number of hydrogen-bond donors (Lipinski definition) is 1. The predicted molar refractivity (Wildman–Crippen MR) is 132 cm³/mol. The molecule has 0 aliphatic carbocycles. The van der Waals surface area contributed by atoms with Crippen LogP contribution in [0, 0.1) is 12.7 Å². The average Bonchev–Trinajstić information content (AvgIpc) is 3.28. The van der Waals surface area contributed by atoms with Crippen molar-refractivity contribution in [3.8, 4) is 22.8 Å². The number of hydrogen-bond acceptors (Lipinski definition) is 5. The smallest absolute Gasteiger partial charge is 0.230 e. The Bertz CT molecular complexity index is 1240. The van der Waals surface area contributed by atoms with Crippen molar-refractivity contribution >= 4 is 17.7 Å². The lowest BCUT2D eigenvalue weighted by Crippen LogP contribution is -2.27. The van der Waals surface area contributed by atoms with Crippen molar-refractivity contribution in [1.29, 1.82) is 0 Å². The molecule has 6 nitrogen and oxygen atoms in total. The molecule has 3 aromatic carbocycles. The van der Waals surface area contributed by atoms with Gasteiger partial charge < -0.3 is 10.1 Å². The van der Waals surface area contributed by atoms with Gasteiger partial charge in [-0.1, -0.05) is 41.6 Å². The second kappa shape index (κ2) is 11.0. The van der Waals surface area contributed by atoms with E-state index in [2.05, 4.69) is 15.5 Å². The molecule has 1 aromatic heterocycles. The van der Waals surface area contributed by atoms with Crippen LogP contribution in [0.4, 0.5) is 4.39 Å². The maximum absolute atomic E-state index is 13.0. The number of benzene rings is 3. The molecule has 0 atom stereocenters. The van der Waals surface area contributed by atoms with Gasteiger partial charge in [-0.05, 0) is 67.4 Å². The van der Waals surface area contributed by atoms with Gasteiger partial charge in [-0.15, -0.1) is 10.2 Å². The highest BCUT2D eigenvalue weighted by atomic mass is 32.2. The molecule has 0 fully saturated rings. The first-order valence-corrected chi connectivity index (χ1v) is 11.8. The van der Waals surface area contributed by atoms with E-state index in [1.165, 1.54) is 23.9 Å². The fraction of sp³-hybridized carbons (Fsp3) is 0.192. The highest BCUT2D eigenvalue weighted by Gasteiger charge is 2.17. The summed E-state index contributed by atoms with van der Waals surface area (Å²) in [6, 6.07) is 22.0. The topological polar surface area (TPSA) is 69.0 Å². The summed E-state index contributed by atoms with van der Waals surface area (Å²) < 4.78 is 20.2. The van der Waals surface area contributed by atoms with E-state index in [4.69, 9.17) is 4.74 Å². The van der Waals surface area contributed by atoms with Crippen LogP contribution in [0.3, 0.4) is 0 Å². The molecule has 34 heavy (non-hydrogen) atoms. The fourth-order valence-corrected chi connectivity index (χ4v) is 4.18. The number of thioether (sulfide) groups is 1. The first-order valence-electron chi connectivity index (χ1n) is 10.8. The summed E-state index contributed by atoms with van der Waals surface area (Å²) in [4.78, 5) is 12.4. The van der Waals surface area contributed by atoms with Gasteiger partial charge >= 0.3 is 0 Å². The minimum Gasteiger partial charge on any atom is -0.497 e. The molecule has 1 amide bonds. The zero-order valence-corrected chi connectivity index (χ0v) is 19.8. The molecule has 4 rings (SSSR count). The van der Waals surface area contributed by atoms with E-state index in [-0.39, 0.29) is 17.5 Å². The second-order valence-electron chi connectivity index (χ2n) is 7.72. The fourth-order valence-electron chi connectivity index (χ4n) is 3.40. The number of ether oxygens (including phenoxy) is 1. The zero-order chi connectivity index (χ0) is 23.9. The highest BCUT2D eigenvalue weighted by molar-refractivity contribution is 7.99. The van der Waals surface area contributed by atoms with Crippen molar-refractivity contribution in [2.45, 2.75) is 18.5 Å². The lowest BCUT2D eigenvalue weighted by atomic mass is 10.1. The molecule has 8 heteroatoms. The van der Waals surface area contributed by atoms with Crippen LogP contribution >= 0.6 is 11.8 Å². The number of nitrogens with one attached hydrogen (secondary N) is 1. The molecule has 0 aliphatic rings. The van der Waals surface area contributed by atoms with Gasteiger partial charge in [-0.3, -0.25) is 9.36 Å². The molecule has 0 bridgehead atoms. The average molecular weight is 477 g/mol. The monoisotopic (exact) mass is 476 g/mol. The molecule has 4 aromatic rings. The van der Waals surface area contributed by atoms with Crippen molar-refractivity contribution in [3.05, 3.63) is 89.7 Å². The normalized spacial score (nSPS) is 10.8. The standard InChI is InChI=1S/C26H25FN4O2S/c1-18-3-11-22(12-4-18)31-25(20-7-13-23(33-2)14-8-20)29-30-26(31)34-17-24(32)28-16-15-19-5-9-21(27)10-6-19/h3-14H,15-17H2,1-2H3,(H,28,32). The van der Waals surface area contributed by atoms with Crippen molar-refractivity contribution in [1.82, 2.24) is 20.1 Å². The minimum absolute atomic E-state index is 0.100. The van der Waals surface area contributed by atoms with Crippen molar-refractivity contribution in [2.75, 3.05) is 19.4 Å². The molecule has 0 spiro atoms. The van der Waals surface area contributed by atoms with Crippen LogP contribution in [-0.4, -0.2) is 40.1 Å². The largest absolute Gasteiger partial charge is 0.497 e. The van der Waals surface area contributed by atoms with Crippen LogP contribution < -0.4 is 10.1 Å². The highest BCUT2D eigenvalue weighted by Crippen LogP contribution is 2.29. The number of carbonyl (C=O) groups is 1. The van der Waals surface area contributed by atoms with Crippen molar-refractivity contribution < 1.29 is 13.9 Å². The summed E-state index contributed by atoms with van der Waals surface area (Å²) in [5.74, 6) is 1.28. The van der Waals surface area contributed by atoms with Crippen LogP contribution in [0.25, 0.3) is 17.1 Å². The van der Waals surface area contributed by atoms with E-state index in [0.29, 0.717) is 23.9 Å². The Hall–Kier alpha value is -3.65. The third-order valence-corrected chi connectivity index (χ3v) is 6.18.